The predicted molar refractivity (Wildman–Crippen MR) is 222 cm³/mol. The summed E-state index contributed by atoms with van der Waals surface area (Å²) in [6.07, 6.45) is 0. The normalized spacial score (nSPS) is 14.7. The van der Waals surface area contributed by atoms with E-state index in [-0.39, 0.29) is 16.5 Å². The molecule has 3 nitrogen and oxygen atoms in total. The summed E-state index contributed by atoms with van der Waals surface area (Å²) in [5, 5.41) is 4.60. The van der Waals surface area contributed by atoms with Gasteiger partial charge in [-0.2, -0.15) is 0 Å². The monoisotopic (exact) mass is 688 g/mol. The van der Waals surface area contributed by atoms with Crippen molar-refractivity contribution in [1.82, 2.24) is 0 Å². The Morgan fingerprint density at radius 1 is 0.415 bits per heavy atom. The molecule has 0 radical (unpaired) electrons. The highest BCUT2D eigenvalue weighted by Gasteiger charge is 2.21. The molecule has 0 fully saturated rings. The maximum absolute atomic E-state index is 9.63. The molecule has 0 saturated heterocycles. The van der Waals surface area contributed by atoms with Crippen molar-refractivity contribution in [3.63, 3.8) is 0 Å². The molecule has 0 saturated carbocycles. The molecule has 0 aliphatic heterocycles. The summed E-state index contributed by atoms with van der Waals surface area (Å²) in [5.41, 5.74) is 4.38. The van der Waals surface area contributed by atoms with Crippen LogP contribution in [0.2, 0.25) is 0 Å². The third-order valence-corrected chi connectivity index (χ3v) is 9.78. The molecule has 11 aromatic rings. The van der Waals surface area contributed by atoms with Gasteiger partial charge in [0.2, 0.25) is 0 Å². The lowest BCUT2D eigenvalue weighted by atomic mass is 10.00. The summed E-state index contributed by atoms with van der Waals surface area (Å²) in [7, 11) is 0. The second-order valence-corrected chi connectivity index (χ2v) is 12.8. The van der Waals surface area contributed by atoms with Crippen molar-refractivity contribution in [3.8, 4) is 22.3 Å². The molecule has 9 aromatic carbocycles. The SMILES string of the molecule is [2H]c1c([2H])c(N(c2ccc(-c3ccc4c(c3)oc3ccccc34)cc2)c2cccc3oc4c5ccccc5ccc4c23)c([2H])c([2H])c1-c1c([2H])c([2H])c2c([2H])c([2H])c([2H])c([2H])c2c1[2H]. The van der Waals surface area contributed by atoms with Crippen molar-refractivity contribution in [2.24, 2.45) is 0 Å². The van der Waals surface area contributed by atoms with Crippen LogP contribution in [0.4, 0.5) is 17.1 Å². The molecule has 2 aromatic heterocycles. The van der Waals surface area contributed by atoms with Gasteiger partial charge in [-0.15, -0.1) is 0 Å². The van der Waals surface area contributed by atoms with E-state index < -0.39 is 77.6 Å². The highest BCUT2D eigenvalue weighted by molar-refractivity contribution is 6.19. The zero-order chi connectivity index (χ0) is 44.5. The Kier molecular flexibility index (Phi) is 4.57. The average Bonchev–Trinajstić information content (AvgIpc) is 3.89. The van der Waals surface area contributed by atoms with Crippen LogP contribution < -0.4 is 4.90 Å². The second-order valence-electron chi connectivity index (χ2n) is 12.8. The molecule has 0 unspecified atom stereocenters. The summed E-state index contributed by atoms with van der Waals surface area (Å²) in [5.74, 6) is 0. The number of rotatable bonds is 5. The van der Waals surface area contributed by atoms with Crippen molar-refractivity contribution in [1.29, 1.82) is 0 Å². The van der Waals surface area contributed by atoms with E-state index in [2.05, 4.69) is 0 Å². The lowest BCUT2D eigenvalue weighted by molar-refractivity contribution is 0.669. The molecule has 0 aliphatic carbocycles. The number of furan rings is 2. The highest BCUT2D eigenvalue weighted by Crippen LogP contribution is 2.45. The minimum atomic E-state index is -0.661. The molecule has 248 valence electrons. The van der Waals surface area contributed by atoms with Gasteiger partial charge in [0.05, 0.1) is 26.2 Å². The molecule has 0 aliphatic rings. The van der Waals surface area contributed by atoms with Gasteiger partial charge in [-0.1, -0.05) is 121 Å². The van der Waals surface area contributed by atoms with Gasteiger partial charge in [0.15, 0.2) is 0 Å². The van der Waals surface area contributed by atoms with Gasteiger partial charge in [-0.25, -0.2) is 0 Å². The first-order valence-electron chi connectivity index (χ1n) is 22.6. The van der Waals surface area contributed by atoms with E-state index in [1.165, 1.54) is 0 Å². The van der Waals surface area contributed by atoms with Crippen LogP contribution >= 0.6 is 0 Å². The molecular formula is C50H31NO2. The molecular weight excluding hydrogens is 647 g/mol. The third-order valence-electron chi connectivity index (χ3n) is 9.78. The summed E-state index contributed by atoms with van der Waals surface area (Å²) in [6, 6.07) is 32.0. The van der Waals surface area contributed by atoms with E-state index in [0.29, 0.717) is 27.9 Å². The Labute approximate surface area is 321 Å². The predicted octanol–water partition coefficient (Wildman–Crippen LogP) is 14.6. The molecule has 0 bridgehead atoms. The largest absolute Gasteiger partial charge is 0.456 e. The van der Waals surface area contributed by atoms with Gasteiger partial charge in [0.25, 0.3) is 0 Å². The standard InChI is InChI=1S/C50H31NO2/c1-2-10-36-30-37(17-16-32(36)8-1)33-18-24-39(25-19-33)51(45-13-7-15-47-49(45)44-29-22-35-9-3-4-11-41(35)50(44)53-47)40-26-20-34(21-27-40)38-23-28-43-42-12-5-6-14-46(42)52-48(43)31-38/h1-31H/i1D,2D,8D,10D,16D,17D,18D,19D,24D,25D,30D. The van der Waals surface area contributed by atoms with E-state index in [4.69, 9.17) is 18.4 Å². The van der Waals surface area contributed by atoms with Crippen LogP contribution in [0.5, 0.6) is 0 Å². The minimum absolute atomic E-state index is 0.135. The number of benzene rings is 9. The Hall–Kier alpha value is -7.10. The molecule has 0 spiro atoms. The molecule has 0 amide bonds. The fraction of sp³-hybridized carbons (Fsp3) is 0. The fourth-order valence-electron chi connectivity index (χ4n) is 7.27. The van der Waals surface area contributed by atoms with Gasteiger partial charge < -0.3 is 13.7 Å². The van der Waals surface area contributed by atoms with E-state index >= 15 is 0 Å². The Morgan fingerprint density at radius 2 is 1.13 bits per heavy atom. The quantitative estimate of drug-likeness (QED) is 0.180. The maximum atomic E-state index is 9.63. The van der Waals surface area contributed by atoms with Gasteiger partial charge in [-0.05, 0) is 105 Å². The van der Waals surface area contributed by atoms with Crippen molar-refractivity contribution >= 4 is 82.5 Å². The molecule has 11 rings (SSSR count). The summed E-state index contributed by atoms with van der Waals surface area (Å²) in [6.45, 7) is 0. The lowest BCUT2D eigenvalue weighted by Gasteiger charge is -2.26. The molecule has 53 heavy (non-hydrogen) atoms. The smallest absolute Gasteiger partial charge is 0.143 e. The fourth-order valence-corrected chi connectivity index (χ4v) is 7.27. The topological polar surface area (TPSA) is 29.5 Å². The number of fused-ring (bicyclic) bond motifs is 9. The van der Waals surface area contributed by atoms with Gasteiger partial charge in [0, 0.05) is 32.9 Å². The van der Waals surface area contributed by atoms with Crippen LogP contribution in [0.15, 0.2) is 197 Å². The van der Waals surface area contributed by atoms with Crippen molar-refractivity contribution in [3.05, 3.63) is 188 Å². The zero-order valence-corrected chi connectivity index (χ0v) is 27.8. The molecule has 0 N–H and O–H groups in total. The van der Waals surface area contributed by atoms with Crippen LogP contribution in [0.3, 0.4) is 0 Å². The first-order chi connectivity index (χ1) is 30.8. The molecule has 2 heterocycles. The lowest BCUT2D eigenvalue weighted by Crippen LogP contribution is -2.10. The Bertz CT molecular complexity index is 3790. The first-order valence-corrected chi connectivity index (χ1v) is 17.1. The number of anilines is 3. The highest BCUT2D eigenvalue weighted by atomic mass is 16.3. The van der Waals surface area contributed by atoms with Crippen molar-refractivity contribution in [2.75, 3.05) is 4.90 Å². The minimum Gasteiger partial charge on any atom is -0.456 e. The van der Waals surface area contributed by atoms with Crippen LogP contribution in [0.1, 0.15) is 15.1 Å². The van der Waals surface area contributed by atoms with Crippen molar-refractivity contribution < 1.29 is 23.9 Å². The Morgan fingerprint density at radius 3 is 2.02 bits per heavy atom. The Balaban J connectivity index is 1.15. The number of hydrogen-bond donors (Lipinski definition) is 0. The van der Waals surface area contributed by atoms with Crippen LogP contribution in [0.25, 0.3) is 87.7 Å². The van der Waals surface area contributed by atoms with Gasteiger partial charge >= 0.3 is 0 Å². The number of hydrogen-bond acceptors (Lipinski definition) is 3. The van der Waals surface area contributed by atoms with Crippen molar-refractivity contribution in [2.45, 2.75) is 0 Å². The molecule has 0 atom stereocenters. The third kappa shape index (κ3) is 4.82. The summed E-state index contributed by atoms with van der Waals surface area (Å²) < 4.78 is 111. The maximum Gasteiger partial charge on any atom is 0.143 e. The van der Waals surface area contributed by atoms with Crippen LogP contribution in [-0.4, -0.2) is 0 Å². The summed E-state index contributed by atoms with van der Waals surface area (Å²) >= 11 is 0. The van der Waals surface area contributed by atoms with Gasteiger partial charge in [-0.3, -0.25) is 0 Å². The summed E-state index contributed by atoms with van der Waals surface area (Å²) in [4.78, 5) is 1.65. The van der Waals surface area contributed by atoms with E-state index in [1.807, 2.05) is 115 Å². The number of para-hydroxylation sites is 1. The van der Waals surface area contributed by atoms with E-state index in [9.17, 15) is 5.48 Å². The number of nitrogens with zero attached hydrogens (tertiary/aromatic N) is 1. The second kappa shape index (κ2) is 11.7. The average molecular weight is 689 g/mol. The van der Waals surface area contributed by atoms with Crippen LogP contribution in [-0.2, 0) is 0 Å². The van der Waals surface area contributed by atoms with E-state index in [0.717, 1.165) is 49.2 Å². The first kappa shape index (κ1) is 20.7. The molecule has 3 heteroatoms. The van der Waals surface area contributed by atoms with E-state index in [1.54, 1.807) is 11.0 Å². The van der Waals surface area contributed by atoms with Crippen LogP contribution in [0, 0.1) is 0 Å². The van der Waals surface area contributed by atoms with Gasteiger partial charge in [0.1, 0.15) is 22.3 Å². The zero-order valence-electron chi connectivity index (χ0n) is 38.8.